The molecule has 0 fully saturated rings. The van der Waals surface area contributed by atoms with E-state index in [2.05, 4.69) is 26.1 Å². The van der Waals surface area contributed by atoms with Crippen LogP contribution in [0.4, 0.5) is 16.4 Å². The molecule has 12 heavy (non-hydrogen) atoms. The SMILES string of the molecule is Cc1cnc2c(n1)NNC(=O)N2. The normalized spacial score (nSPS) is 13.9. The Bertz CT molecular complexity index is 337. The van der Waals surface area contributed by atoms with E-state index in [1.807, 2.05) is 6.92 Å². The van der Waals surface area contributed by atoms with Crippen molar-refractivity contribution < 1.29 is 4.79 Å². The summed E-state index contributed by atoms with van der Waals surface area (Å²) in [4.78, 5) is 18.8. The summed E-state index contributed by atoms with van der Waals surface area (Å²) in [7, 11) is 0. The van der Waals surface area contributed by atoms with Gasteiger partial charge in [0.1, 0.15) is 0 Å². The fourth-order valence-corrected chi connectivity index (χ4v) is 0.911. The van der Waals surface area contributed by atoms with Gasteiger partial charge >= 0.3 is 6.03 Å². The number of aryl methyl sites for hydroxylation is 1. The molecule has 2 amide bonds. The number of carbonyl (C=O) groups excluding carboxylic acids is 1. The molecule has 1 aliphatic rings. The molecule has 1 aromatic heterocycles. The van der Waals surface area contributed by atoms with Crippen LogP contribution in [0.2, 0.25) is 0 Å². The van der Waals surface area contributed by atoms with Crippen LogP contribution in [-0.2, 0) is 0 Å². The number of hydrogen-bond donors (Lipinski definition) is 3. The lowest BCUT2D eigenvalue weighted by Gasteiger charge is -2.17. The largest absolute Gasteiger partial charge is 0.339 e. The molecule has 0 bridgehead atoms. The third-order valence-electron chi connectivity index (χ3n) is 1.42. The fraction of sp³-hybridized carbons (Fsp3) is 0.167. The Balaban J connectivity index is 2.43. The average molecular weight is 165 g/mol. The quantitative estimate of drug-likeness (QED) is 0.514. The van der Waals surface area contributed by atoms with Gasteiger partial charge in [-0.2, -0.15) is 0 Å². The van der Waals surface area contributed by atoms with Gasteiger partial charge in [0.2, 0.25) is 0 Å². The first-order chi connectivity index (χ1) is 5.75. The minimum Gasteiger partial charge on any atom is -0.288 e. The van der Waals surface area contributed by atoms with Gasteiger partial charge in [-0.05, 0) is 6.92 Å². The molecule has 0 radical (unpaired) electrons. The number of amides is 2. The lowest BCUT2D eigenvalue weighted by Crippen LogP contribution is -2.39. The van der Waals surface area contributed by atoms with Crippen LogP contribution in [0, 0.1) is 6.92 Å². The first-order valence-electron chi connectivity index (χ1n) is 3.42. The Morgan fingerprint density at radius 3 is 3.00 bits per heavy atom. The summed E-state index contributed by atoms with van der Waals surface area (Å²) < 4.78 is 0. The van der Waals surface area contributed by atoms with Crippen LogP contribution in [0.1, 0.15) is 5.69 Å². The highest BCUT2D eigenvalue weighted by molar-refractivity contribution is 5.94. The molecular weight excluding hydrogens is 158 g/mol. The second-order valence-corrected chi connectivity index (χ2v) is 2.41. The zero-order valence-corrected chi connectivity index (χ0v) is 6.38. The van der Waals surface area contributed by atoms with Crippen LogP contribution in [0.15, 0.2) is 6.20 Å². The van der Waals surface area contributed by atoms with E-state index in [0.717, 1.165) is 5.69 Å². The summed E-state index contributed by atoms with van der Waals surface area (Å²) in [5.41, 5.74) is 5.77. The van der Waals surface area contributed by atoms with Gasteiger partial charge in [-0.3, -0.25) is 10.7 Å². The number of fused-ring (bicyclic) bond motifs is 1. The maximum absolute atomic E-state index is 10.8. The van der Waals surface area contributed by atoms with Crippen molar-refractivity contribution in [2.24, 2.45) is 0 Å². The molecular formula is C6H7N5O. The molecule has 6 heteroatoms. The number of nitrogens with zero attached hydrogens (tertiary/aromatic N) is 2. The highest BCUT2D eigenvalue weighted by Crippen LogP contribution is 2.16. The van der Waals surface area contributed by atoms with Crippen LogP contribution in [0.5, 0.6) is 0 Å². The topological polar surface area (TPSA) is 78.9 Å². The monoisotopic (exact) mass is 165 g/mol. The van der Waals surface area contributed by atoms with Gasteiger partial charge in [-0.15, -0.1) is 0 Å². The Kier molecular flexibility index (Phi) is 1.33. The molecule has 3 N–H and O–H groups in total. The summed E-state index contributed by atoms with van der Waals surface area (Å²) >= 11 is 0. The van der Waals surface area contributed by atoms with Crippen molar-refractivity contribution in [1.82, 2.24) is 15.4 Å². The third-order valence-corrected chi connectivity index (χ3v) is 1.42. The number of anilines is 2. The Labute approximate surface area is 68.4 Å². The fourth-order valence-electron chi connectivity index (χ4n) is 0.911. The first kappa shape index (κ1) is 6.84. The van der Waals surface area contributed by atoms with Gasteiger partial charge < -0.3 is 0 Å². The predicted octanol–water partition coefficient (Wildman–Crippen LogP) is 0.247. The van der Waals surface area contributed by atoms with Crippen LogP contribution in [0.25, 0.3) is 0 Å². The molecule has 1 aromatic rings. The van der Waals surface area contributed by atoms with E-state index < -0.39 is 0 Å². The smallest absolute Gasteiger partial charge is 0.288 e. The molecule has 0 saturated carbocycles. The van der Waals surface area contributed by atoms with Crippen molar-refractivity contribution >= 4 is 17.7 Å². The van der Waals surface area contributed by atoms with E-state index in [9.17, 15) is 4.79 Å². The van der Waals surface area contributed by atoms with Crippen molar-refractivity contribution in [3.8, 4) is 0 Å². The average Bonchev–Trinajstić information content (AvgIpc) is 2.05. The van der Waals surface area contributed by atoms with Crippen LogP contribution in [-0.4, -0.2) is 16.0 Å². The van der Waals surface area contributed by atoms with Gasteiger partial charge in [0.05, 0.1) is 11.9 Å². The van der Waals surface area contributed by atoms with Crippen LogP contribution in [0.3, 0.4) is 0 Å². The summed E-state index contributed by atoms with van der Waals surface area (Å²) in [6.07, 6.45) is 1.59. The predicted molar refractivity (Wildman–Crippen MR) is 42.5 cm³/mol. The van der Waals surface area contributed by atoms with Gasteiger partial charge in [0.25, 0.3) is 0 Å². The summed E-state index contributed by atoms with van der Waals surface area (Å²) in [6, 6.07) is -0.333. The second-order valence-electron chi connectivity index (χ2n) is 2.41. The maximum Gasteiger partial charge on any atom is 0.339 e. The number of rotatable bonds is 0. The van der Waals surface area contributed by atoms with Crippen molar-refractivity contribution in [1.29, 1.82) is 0 Å². The van der Waals surface area contributed by atoms with E-state index in [1.54, 1.807) is 6.20 Å². The van der Waals surface area contributed by atoms with Crippen LogP contribution >= 0.6 is 0 Å². The van der Waals surface area contributed by atoms with Crippen LogP contribution < -0.4 is 16.2 Å². The number of aromatic nitrogens is 2. The van der Waals surface area contributed by atoms with Crippen molar-refractivity contribution in [2.45, 2.75) is 6.92 Å². The lowest BCUT2D eigenvalue weighted by atomic mass is 10.4. The highest BCUT2D eigenvalue weighted by atomic mass is 16.2. The number of hydrogen-bond acceptors (Lipinski definition) is 4. The minimum atomic E-state index is -0.333. The molecule has 0 spiro atoms. The number of nitrogens with one attached hydrogen (secondary N) is 3. The molecule has 0 aliphatic carbocycles. The number of hydrazine groups is 1. The van der Waals surface area contributed by atoms with Crippen molar-refractivity contribution in [2.75, 3.05) is 10.7 Å². The molecule has 2 heterocycles. The molecule has 2 rings (SSSR count). The van der Waals surface area contributed by atoms with E-state index in [0.29, 0.717) is 11.6 Å². The summed E-state index contributed by atoms with van der Waals surface area (Å²) in [6.45, 7) is 1.82. The molecule has 0 aromatic carbocycles. The molecule has 0 atom stereocenters. The molecule has 0 unspecified atom stereocenters. The van der Waals surface area contributed by atoms with Crippen molar-refractivity contribution in [3.05, 3.63) is 11.9 Å². The number of urea groups is 1. The molecule has 62 valence electrons. The van der Waals surface area contributed by atoms with E-state index >= 15 is 0 Å². The first-order valence-corrected chi connectivity index (χ1v) is 3.42. The summed E-state index contributed by atoms with van der Waals surface area (Å²) in [5, 5.41) is 2.50. The second kappa shape index (κ2) is 2.33. The van der Waals surface area contributed by atoms with Gasteiger partial charge in [-0.25, -0.2) is 20.2 Å². The lowest BCUT2D eigenvalue weighted by molar-refractivity contribution is 0.253. The molecule has 0 saturated heterocycles. The van der Waals surface area contributed by atoms with Gasteiger partial charge in [0, 0.05) is 0 Å². The van der Waals surface area contributed by atoms with Gasteiger partial charge in [-0.1, -0.05) is 0 Å². The molecule has 1 aliphatic heterocycles. The number of carbonyl (C=O) groups is 1. The third kappa shape index (κ3) is 1.03. The highest BCUT2D eigenvalue weighted by Gasteiger charge is 2.14. The van der Waals surface area contributed by atoms with Gasteiger partial charge in [0.15, 0.2) is 11.6 Å². The Hall–Kier alpha value is -1.85. The van der Waals surface area contributed by atoms with E-state index in [4.69, 9.17) is 0 Å². The Morgan fingerprint density at radius 1 is 1.33 bits per heavy atom. The maximum atomic E-state index is 10.8. The van der Waals surface area contributed by atoms with E-state index in [-0.39, 0.29) is 6.03 Å². The zero-order chi connectivity index (χ0) is 8.55. The van der Waals surface area contributed by atoms with Crippen molar-refractivity contribution in [3.63, 3.8) is 0 Å². The molecule has 6 nitrogen and oxygen atoms in total. The van der Waals surface area contributed by atoms with E-state index in [1.165, 1.54) is 0 Å². The zero-order valence-electron chi connectivity index (χ0n) is 6.38. The standard InChI is InChI=1S/C6H7N5O/c1-3-2-7-4-5(8-3)10-11-6(12)9-4/h2H,1H3,(H,8,10)(H2,7,9,11,12). The minimum absolute atomic E-state index is 0.333. The summed E-state index contributed by atoms with van der Waals surface area (Å²) in [5.74, 6) is 0.985. The Morgan fingerprint density at radius 2 is 2.17 bits per heavy atom.